The van der Waals surface area contributed by atoms with E-state index in [1.165, 1.54) is 37.3 Å². The summed E-state index contributed by atoms with van der Waals surface area (Å²) in [6.07, 6.45) is -1.16. The molecule has 0 amide bonds. The molecule has 33 heavy (non-hydrogen) atoms. The van der Waals surface area contributed by atoms with Gasteiger partial charge in [0.15, 0.2) is 0 Å². The minimum Gasteiger partial charge on any atom is -0.388 e. The van der Waals surface area contributed by atoms with E-state index in [2.05, 4.69) is 10.6 Å². The van der Waals surface area contributed by atoms with E-state index in [-0.39, 0.29) is 34.7 Å². The van der Waals surface area contributed by atoms with Gasteiger partial charge in [-0.3, -0.25) is 14.4 Å². The van der Waals surface area contributed by atoms with Gasteiger partial charge in [-0.05, 0) is 42.8 Å². The number of allylic oxidation sites excluding steroid dienone is 1. The van der Waals surface area contributed by atoms with Gasteiger partial charge in [0, 0.05) is 17.5 Å². The molecule has 3 N–H and O–H groups in total. The van der Waals surface area contributed by atoms with Crippen LogP contribution < -0.4 is 10.6 Å². The van der Waals surface area contributed by atoms with Gasteiger partial charge in [-0.15, -0.1) is 0 Å². The molecule has 0 bridgehead atoms. The number of carbonyl (C=O) groups is 3. The maximum absolute atomic E-state index is 13.8. The number of carbonyl (C=O) groups excluding carboxylic acids is 3. The Morgan fingerprint density at radius 1 is 0.848 bits per heavy atom. The van der Waals surface area contributed by atoms with E-state index in [4.69, 9.17) is 0 Å². The Morgan fingerprint density at radius 2 is 1.42 bits per heavy atom. The Bertz CT molecular complexity index is 1270. The van der Waals surface area contributed by atoms with E-state index < -0.39 is 23.5 Å². The van der Waals surface area contributed by atoms with Gasteiger partial charge in [-0.1, -0.05) is 42.5 Å². The summed E-state index contributed by atoms with van der Waals surface area (Å²) < 4.78 is 13.8. The Balaban J connectivity index is 1.78. The molecule has 3 aromatic carbocycles. The Hall–Kier alpha value is -4.10. The van der Waals surface area contributed by atoms with Crippen LogP contribution in [-0.4, -0.2) is 22.5 Å². The topological polar surface area (TPSA) is 95.5 Å². The van der Waals surface area contributed by atoms with Gasteiger partial charge in [0.1, 0.15) is 23.0 Å². The molecule has 166 valence electrons. The number of hydrogen-bond acceptors (Lipinski definition) is 6. The lowest BCUT2D eigenvalue weighted by Crippen LogP contribution is -2.21. The van der Waals surface area contributed by atoms with Gasteiger partial charge < -0.3 is 15.7 Å². The van der Waals surface area contributed by atoms with E-state index in [1.807, 2.05) is 12.1 Å². The lowest BCUT2D eigenvalue weighted by Gasteiger charge is -2.13. The second-order valence-electron chi connectivity index (χ2n) is 7.76. The number of hydrogen-bond donors (Lipinski definition) is 3. The normalized spacial score (nSPS) is 12.9. The molecule has 3 aromatic rings. The minimum absolute atomic E-state index is 0.0261. The molecule has 4 rings (SSSR count). The zero-order valence-corrected chi connectivity index (χ0v) is 17.8. The smallest absolute Gasteiger partial charge is 0.200 e. The van der Waals surface area contributed by atoms with Crippen molar-refractivity contribution >= 4 is 28.7 Å². The van der Waals surface area contributed by atoms with Crippen molar-refractivity contribution in [1.82, 2.24) is 0 Å². The molecule has 0 spiro atoms. The number of fused-ring (bicyclic) bond motifs is 1. The molecule has 0 saturated heterocycles. The van der Waals surface area contributed by atoms with Crippen molar-refractivity contribution in [2.24, 2.45) is 0 Å². The number of aliphatic hydroxyl groups is 1. The van der Waals surface area contributed by atoms with Crippen molar-refractivity contribution in [1.29, 1.82) is 0 Å². The van der Waals surface area contributed by atoms with Crippen LogP contribution in [0.5, 0.6) is 0 Å². The van der Waals surface area contributed by atoms with E-state index >= 15 is 0 Å². The molecule has 1 heterocycles. The molecule has 0 fully saturated rings. The number of para-hydroxylation sites is 2. The fraction of sp³-hybridized carbons (Fsp3) is 0.115. The van der Waals surface area contributed by atoms with Crippen molar-refractivity contribution in [3.05, 3.63) is 107 Å². The highest BCUT2D eigenvalue weighted by Crippen LogP contribution is 2.33. The second kappa shape index (κ2) is 9.18. The van der Waals surface area contributed by atoms with Gasteiger partial charge in [-0.2, -0.15) is 0 Å². The first-order valence-electron chi connectivity index (χ1n) is 10.3. The minimum atomic E-state index is -1.07. The molecule has 0 aliphatic carbocycles. The second-order valence-corrected chi connectivity index (χ2v) is 7.76. The number of ketones is 3. The molecule has 1 aliphatic rings. The molecule has 1 atom stereocenters. The maximum atomic E-state index is 13.8. The summed E-state index contributed by atoms with van der Waals surface area (Å²) in [4.78, 5) is 38.4. The fourth-order valence-electron chi connectivity index (χ4n) is 3.65. The first-order chi connectivity index (χ1) is 15.8. The molecule has 1 aliphatic heterocycles. The van der Waals surface area contributed by atoms with Crippen LogP contribution in [0.25, 0.3) is 0 Å². The average Bonchev–Trinajstić information content (AvgIpc) is 3.22. The lowest BCUT2D eigenvalue weighted by molar-refractivity contribution is -0.118. The first-order valence-corrected chi connectivity index (χ1v) is 10.3. The summed E-state index contributed by atoms with van der Waals surface area (Å²) in [6, 6.07) is 18.5. The van der Waals surface area contributed by atoms with Gasteiger partial charge >= 0.3 is 0 Å². The van der Waals surface area contributed by atoms with Crippen molar-refractivity contribution in [2.75, 3.05) is 10.6 Å². The van der Waals surface area contributed by atoms with Gasteiger partial charge in [-0.25, -0.2) is 4.39 Å². The van der Waals surface area contributed by atoms with Crippen LogP contribution in [0, 0.1) is 5.82 Å². The summed E-state index contributed by atoms with van der Waals surface area (Å²) >= 11 is 0. The number of benzene rings is 3. The lowest BCUT2D eigenvalue weighted by atomic mass is 9.93. The molecular weight excluding hydrogens is 423 g/mol. The summed E-state index contributed by atoms with van der Waals surface area (Å²) in [7, 11) is 0. The summed E-state index contributed by atoms with van der Waals surface area (Å²) in [5, 5.41) is 16.4. The molecule has 0 aromatic heterocycles. The van der Waals surface area contributed by atoms with E-state index in [1.54, 1.807) is 24.3 Å². The van der Waals surface area contributed by atoms with Gasteiger partial charge in [0.05, 0.1) is 17.5 Å². The molecule has 7 heteroatoms. The van der Waals surface area contributed by atoms with Crippen LogP contribution in [0.15, 0.2) is 84.2 Å². The number of anilines is 2. The van der Waals surface area contributed by atoms with Crippen LogP contribution in [0.4, 0.5) is 15.8 Å². The third-order valence-electron chi connectivity index (χ3n) is 5.25. The predicted molar refractivity (Wildman–Crippen MR) is 122 cm³/mol. The highest BCUT2D eigenvalue weighted by molar-refractivity contribution is 6.32. The quantitative estimate of drug-likeness (QED) is 0.212. The van der Waals surface area contributed by atoms with Crippen molar-refractivity contribution in [3.63, 3.8) is 0 Å². The van der Waals surface area contributed by atoms with Crippen LogP contribution >= 0.6 is 0 Å². The monoisotopic (exact) mass is 444 g/mol. The zero-order valence-electron chi connectivity index (χ0n) is 17.8. The van der Waals surface area contributed by atoms with Crippen molar-refractivity contribution in [3.8, 4) is 0 Å². The highest BCUT2D eigenvalue weighted by Gasteiger charge is 2.29. The summed E-state index contributed by atoms with van der Waals surface area (Å²) in [6.45, 7) is 1.37. The van der Waals surface area contributed by atoms with Crippen LogP contribution in [0.2, 0.25) is 0 Å². The maximum Gasteiger partial charge on any atom is 0.200 e. The predicted octanol–water partition coefficient (Wildman–Crippen LogP) is 4.65. The van der Waals surface area contributed by atoms with Crippen LogP contribution in [0.3, 0.4) is 0 Å². The highest BCUT2D eigenvalue weighted by atomic mass is 19.1. The largest absolute Gasteiger partial charge is 0.388 e. The average molecular weight is 444 g/mol. The van der Waals surface area contributed by atoms with E-state index in [0.29, 0.717) is 16.9 Å². The van der Waals surface area contributed by atoms with Crippen LogP contribution in [0.1, 0.15) is 45.7 Å². The molecule has 0 saturated carbocycles. The summed E-state index contributed by atoms with van der Waals surface area (Å²) in [5.74, 6) is -1.87. The number of halogens is 1. The fourth-order valence-corrected chi connectivity index (χ4v) is 3.65. The standard InChI is InChI=1S/C26H21FN2O4/c1-15(30)12-22(31)16-6-4-7-17(13-16)24(32)23(25(33)18-8-5-9-19(27)14-18)26-28-20-10-2-3-11-21(20)29-26/h2-11,13-14,22,28-29,31H,12H2,1H3. The Labute approximate surface area is 189 Å². The van der Waals surface area contributed by atoms with Gasteiger partial charge in [0.25, 0.3) is 0 Å². The SMILES string of the molecule is CC(=O)CC(O)c1cccc(C(=O)C(C(=O)c2cccc(F)c2)=C2Nc3ccccc3N2)c1. The molecular formula is C26H21FN2O4. The third-order valence-corrected chi connectivity index (χ3v) is 5.25. The molecule has 6 nitrogen and oxygen atoms in total. The number of Topliss-reactive ketones (excluding diaryl/α,β-unsaturated/α-hetero) is 3. The Morgan fingerprint density at radius 3 is 2.00 bits per heavy atom. The third kappa shape index (κ3) is 4.73. The van der Waals surface area contributed by atoms with Crippen molar-refractivity contribution in [2.45, 2.75) is 19.4 Å². The Kier molecular flexibility index (Phi) is 6.15. The van der Waals surface area contributed by atoms with Crippen LogP contribution in [-0.2, 0) is 4.79 Å². The van der Waals surface area contributed by atoms with Gasteiger partial charge in [0.2, 0.25) is 11.6 Å². The first kappa shape index (κ1) is 22.1. The summed E-state index contributed by atoms with van der Waals surface area (Å²) in [5.41, 5.74) is 1.75. The van der Waals surface area contributed by atoms with E-state index in [0.717, 1.165) is 6.07 Å². The number of aliphatic hydroxyl groups excluding tert-OH is 1. The number of nitrogens with one attached hydrogen (secondary N) is 2. The molecule has 0 radical (unpaired) electrons. The van der Waals surface area contributed by atoms with Crippen molar-refractivity contribution < 1.29 is 23.9 Å². The molecule has 1 unspecified atom stereocenters. The zero-order chi connectivity index (χ0) is 23.5. The van der Waals surface area contributed by atoms with E-state index in [9.17, 15) is 23.9 Å². The number of rotatable bonds is 7.